The highest BCUT2D eigenvalue weighted by Gasteiger charge is 2.41. The van der Waals surface area contributed by atoms with Crippen molar-refractivity contribution in [2.75, 3.05) is 50.8 Å². The molecule has 2 unspecified atom stereocenters. The minimum absolute atomic E-state index is 0.181. The van der Waals surface area contributed by atoms with E-state index < -0.39 is 5.82 Å². The fourth-order valence-electron chi connectivity index (χ4n) is 5.54. The van der Waals surface area contributed by atoms with Gasteiger partial charge in [0.1, 0.15) is 13.2 Å². The molecule has 2 fully saturated rings. The molecule has 5 heterocycles. The van der Waals surface area contributed by atoms with Gasteiger partial charge in [0.15, 0.2) is 17.3 Å². The third-order valence-corrected chi connectivity index (χ3v) is 7.32. The Morgan fingerprint density at radius 2 is 1.79 bits per heavy atom. The van der Waals surface area contributed by atoms with Gasteiger partial charge in [-0.3, -0.25) is 9.69 Å². The van der Waals surface area contributed by atoms with Gasteiger partial charge in [0.25, 0.3) is 0 Å². The van der Waals surface area contributed by atoms with Crippen LogP contribution in [-0.2, 0) is 4.79 Å². The number of piperazine rings is 1. The lowest BCUT2D eigenvalue weighted by Crippen LogP contribution is -2.57. The number of carbonyl (C=O) groups excluding carboxylic acids is 1. The number of amides is 1. The molecule has 1 amide bonds. The van der Waals surface area contributed by atoms with Crippen molar-refractivity contribution in [1.29, 1.82) is 0 Å². The summed E-state index contributed by atoms with van der Waals surface area (Å²) < 4.78 is 24.5. The largest absolute Gasteiger partial charge is 0.486 e. The molecule has 8 nitrogen and oxygen atoms in total. The molecule has 2 saturated heterocycles. The van der Waals surface area contributed by atoms with Crippen LogP contribution in [0.5, 0.6) is 11.5 Å². The molecule has 0 aliphatic carbocycles. The van der Waals surface area contributed by atoms with Crippen LogP contribution in [0.4, 0.5) is 10.3 Å². The Labute approximate surface area is 198 Å². The second-order valence-corrected chi connectivity index (χ2v) is 9.34. The van der Waals surface area contributed by atoms with Crippen molar-refractivity contribution in [2.24, 2.45) is 0 Å². The van der Waals surface area contributed by atoms with E-state index in [-0.39, 0.29) is 5.91 Å². The molecule has 178 valence electrons. The molecule has 4 aliphatic rings. The molecule has 2 bridgehead atoms. The van der Waals surface area contributed by atoms with Crippen LogP contribution in [0.3, 0.4) is 0 Å². The van der Waals surface area contributed by atoms with Gasteiger partial charge in [-0.25, -0.2) is 14.4 Å². The second kappa shape index (κ2) is 8.87. The van der Waals surface area contributed by atoms with Gasteiger partial charge in [0.05, 0.1) is 18.9 Å². The maximum atomic E-state index is 13.2. The highest BCUT2D eigenvalue weighted by atomic mass is 19.1. The summed E-state index contributed by atoms with van der Waals surface area (Å²) in [4.78, 5) is 27.8. The summed E-state index contributed by atoms with van der Waals surface area (Å²) in [6, 6.07) is 6.67. The Hall–Kier alpha value is -3.20. The molecule has 2 atom stereocenters. The zero-order valence-corrected chi connectivity index (χ0v) is 19.0. The van der Waals surface area contributed by atoms with Gasteiger partial charge in [0, 0.05) is 38.3 Å². The number of rotatable bonds is 4. The van der Waals surface area contributed by atoms with Crippen molar-refractivity contribution in [2.45, 2.75) is 31.3 Å². The van der Waals surface area contributed by atoms with Gasteiger partial charge in [0.2, 0.25) is 11.9 Å². The number of nitrogens with zero attached hydrogens (tertiary/aromatic N) is 5. The summed E-state index contributed by atoms with van der Waals surface area (Å²) in [6.07, 6.45) is 7.53. The summed E-state index contributed by atoms with van der Waals surface area (Å²) in [5.74, 6) is 1.91. The van der Waals surface area contributed by atoms with Gasteiger partial charge in [-0.15, -0.1) is 0 Å². The van der Waals surface area contributed by atoms with E-state index in [1.165, 1.54) is 18.0 Å². The zero-order valence-electron chi connectivity index (χ0n) is 19.0. The average molecular weight is 466 g/mol. The van der Waals surface area contributed by atoms with Crippen LogP contribution >= 0.6 is 0 Å². The highest BCUT2D eigenvalue weighted by Crippen LogP contribution is 2.35. The predicted octanol–water partition coefficient (Wildman–Crippen LogP) is 2.36. The Bertz CT molecular complexity index is 1090. The molecule has 2 aromatic rings. The van der Waals surface area contributed by atoms with Crippen LogP contribution in [-0.4, -0.2) is 83.7 Å². The molecule has 34 heavy (non-hydrogen) atoms. The molecule has 0 radical (unpaired) electrons. The molecular weight excluding hydrogens is 437 g/mol. The Morgan fingerprint density at radius 1 is 1.06 bits per heavy atom. The first-order valence-electron chi connectivity index (χ1n) is 12.0. The monoisotopic (exact) mass is 465 g/mol. The number of hydrogen-bond donors (Lipinski definition) is 0. The Morgan fingerprint density at radius 3 is 2.50 bits per heavy atom. The molecule has 4 aliphatic heterocycles. The maximum Gasteiger partial charge on any atom is 0.237 e. The lowest BCUT2D eigenvalue weighted by atomic mass is 9.99. The Kier molecular flexibility index (Phi) is 5.57. The summed E-state index contributed by atoms with van der Waals surface area (Å²) in [5.41, 5.74) is 2.38. The normalized spacial score (nSPS) is 24.2. The van der Waals surface area contributed by atoms with Gasteiger partial charge in [-0.05, 0) is 42.5 Å². The van der Waals surface area contributed by atoms with E-state index in [0.29, 0.717) is 44.3 Å². The first-order valence-corrected chi connectivity index (χ1v) is 12.0. The van der Waals surface area contributed by atoms with Crippen molar-refractivity contribution >= 4 is 17.4 Å². The highest BCUT2D eigenvalue weighted by molar-refractivity contribution is 5.80. The second-order valence-electron chi connectivity index (χ2n) is 9.34. The summed E-state index contributed by atoms with van der Waals surface area (Å²) in [7, 11) is 0. The molecular formula is C25H28FN5O3. The number of fused-ring (bicyclic) bond motifs is 3. The van der Waals surface area contributed by atoms with E-state index in [0.717, 1.165) is 56.0 Å². The number of benzene rings is 1. The number of anilines is 1. The number of hydrogen-bond acceptors (Lipinski definition) is 7. The summed E-state index contributed by atoms with van der Waals surface area (Å²) >= 11 is 0. The topological polar surface area (TPSA) is 71.0 Å². The summed E-state index contributed by atoms with van der Waals surface area (Å²) in [6.45, 7) is 4.49. The van der Waals surface area contributed by atoms with Gasteiger partial charge in [-0.1, -0.05) is 12.1 Å². The van der Waals surface area contributed by atoms with E-state index >= 15 is 0 Å². The molecule has 6 rings (SSSR count). The van der Waals surface area contributed by atoms with Crippen molar-refractivity contribution in [3.05, 3.63) is 48.0 Å². The zero-order chi connectivity index (χ0) is 23.1. The van der Waals surface area contributed by atoms with Crippen molar-refractivity contribution < 1.29 is 18.7 Å². The minimum atomic E-state index is -0.427. The first kappa shape index (κ1) is 21.3. The van der Waals surface area contributed by atoms with Crippen molar-refractivity contribution in [3.63, 3.8) is 0 Å². The lowest BCUT2D eigenvalue weighted by Gasteiger charge is -2.41. The van der Waals surface area contributed by atoms with E-state index in [4.69, 9.17) is 9.47 Å². The van der Waals surface area contributed by atoms with E-state index in [2.05, 4.69) is 31.9 Å². The van der Waals surface area contributed by atoms with Crippen LogP contribution in [0.1, 0.15) is 24.8 Å². The van der Waals surface area contributed by atoms with Gasteiger partial charge >= 0.3 is 0 Å². The molecule has 0 saturated carbocycles. The molecule has 9 heteroatoms. The summed E-state index contributed by atoms with van der Waals surface area (Å²) in [5, 5.41) is 0. The molecule has 0 spiro atoms. The van der Waals surface area contributed by atoms with Crippen LogP contribution in [0, 0.1) is 5.82 Å². The van der Waals surface area contributed by atoms with Crippen LogP contribution in [0.15, 0.2) is 36.7 Å². The Balaban J connectivity index is 1.07. The smallest absolute Gasteiger partial charge is 0.237 e. The molecule has 1 aromatic carbocycles. The number of ether oxygens (including phenoxy) is 2. The fourth-order valence-corrected chi connectivity index (χ4v) is 5.54. The van der Waals surface area contributed by atoms with Crippen molar-refractivity contribution in [3.8, 4) is 11.5 Å². The van der Waals surface area contributed by atoms with E-state index in [9.17, 15) is 9.18 Å². The third kappa shape index (κ3) is 4.09. The van der Waals surface area contributed by atoms with E-state index in [1.54, 1.807) is 0 Å². The maximum absolute atomic E-state index is 13.2. The number of carbonyl (C=O) groups is 1. The number of aromatic nitrogens is 2. The van der Waals surface area contributed by atoms with Gasteiger partial charge < -0.3 is 19.3 Å². The van der Waals surface area contributed by atoms with Crippen LogP contribution < -0.4 is 14.4 Å². The quantitative estimate of drug-likeness (QED) is 0.687. The predicted molar refractivity (Wildman–Crippen MR) is 124 cm³/mol. The molecule has 0 N–H and O–H groups in total. The SMILES string of the molecule is O=C(CN1C2CCC1CN(c1ncc(F)cn1)C2)N1CC=C(c2ccc3c(c2)OCCO3)CC1. The fraction of sp³-hybridized carbons (Fsp3) is 0.480. The minimum Gasteiger partial charge on any atom is -0.486 e. The van der Waals surface area contributed by atoms with E-state index in [1.807, 2.05) is 17.0 Å². The van der Waals surface area contributed by atoms with Gasteiger partial charge in [-0.2, -0.15) is 0 Å². The van der Waals surface area contributed by atoms with Crippen LogP contribution in [0.2, 0.25) is 0 Å². The van der Waals surface area contributed by atoms with Crippen molar-refractivity contribution in [1.82, 2.24) is 19.8 Å². The van der Waals surface area contributed by atoms with Crippen LogP contribution in [0.25, 0.3) is 5.57 Å². The standard InChI is InChI=1S/C25H28FN5O3/c26-19-12-27-25(28-13-19)30-14-20-2-3-21(15-30)31(20)16-24(32)29-7-5-17(6-8-29)18-1-4-22-23(11-18)34-10-9-33-22/h1,4-5,11-13,20-21H,2-3,6-10,14-16H2. The number of halogens is 1. The average Bonchev–Trinajstić information content (AvgIpc) is 3.10. The lowest BCUT2D eigenvalue weighted by molar-refractivity contribution is -0.132. The first-order chi connectivity index (χ1) is 16.6. The molecule has 1 aromatic heterocycles. The third-order valence-electron chi connectivity index (χ3n) is 7.32.